The SMILES string of the molecule is CCC1(CC)CC(/C(C)=C/C(C)=N\C2C=CC=C(C)C2C)C1. The molecule has 0 aromatic rings. The van der Waals surface area contributed by atoms with Crippen molar-refractivity contribution in [1.29, 1.82) is 0 Å². The maximum atomic E-state index is 4.94. The first-order valence-corrected chi connectivity index (χ1v) is 8.98. The van der Waals surface area contributed by atoms with E-state index in [0.717, 1.165) is 5.92 Å². The van der Waals surface area contributed by atoms with Gasteiger partial charge in [-0.25, -0.2) is 0 Å². The molecule has 1 saturated carbocycles. The summed E-state index contributed by atoms with van der Waals surface area (Å²) in [5, 5.41) is 0. The van der Waals surface area contributed by atoms with Crippen molar-refractivity contribution in [2.45, 2.75) is 73.3 Å². The molecular formula is C21H33N. The summed E-state index contributed by atoms with van der Waals surface area (Å²) in [5.41, 5.74) is 4.77. The summed E-state index contributed by atoms with van der Waals surface area (Å²) in [6.45, 7) is 13.6. The Morgan fingerprint density at radius 2 is 1.91 bits per heavy atom. The van der Waals surface area contributed by atoms with E-state index in [1.54, 1.807) is 0 Å². The molecule has 0 heterocycles. The van der Waals surface area contributed by atoms with Gasteiger partial charge in [0, 0.05) is 11.6 Å². The fourth-order valence-corrected chi connectivity index (χ4v) is 3.92. The van der Waals surface area contributed by atoms with E-state index in [0.29, 0.717) is 17.4 Å². The summed E-state index contributed by atoms with van der Waals surface area (Å²) < 4.78 is 0. The van der Waals surface area contributed by atoms with Crippen LogP contribution in [0.5, 0.6) is 0 Å². The topological polar surface area (TPSA) is 12.4 Å². The molecular weight excluding hydrogens is 266 g/mol. The van der Waals surface area contributed by atoms with Crippen LogP contribution in [0.2, 0.25) is 0 Å². The van der Waals surface area contributed by atoms with Crippen molar-refractivity contribution < 1.29 is 0 Å². The van der Waals surface area contributed by atoms with Gasteiger partial charge in [-0.1, -0.05) is 63.0 Å². The smallest absolute Gasteiger partial charge is 0.0748 e. The first kappa shape index (κ1) is 17.2. The van der Waals surface area contributed by atoms with E-state index in [4.69, 9.17) is 4.99 Å². The first-order chi connectivity index (χ1) is 10.4. The summed E-state index contributed by atoms with van der Waals surface area (Å²) in [5.74, 6) is 1.30. The third kappa shape index (κ3) is 3.62. The second-order valence-corrected chi connectivity index (χ2v) is 7.55. The Bertz CT molecular complexity index is 506. The predicted octanol–water partition coefficient (Wildman–Crippen LogP) is 6.13. The minimum Gasteiger partial charge on any atom is -0.282 e. The van der Waals surface area contributed by atoms with Crippen molar-refractivity contribution in [2.75, 3.05) is 0 Å². The van der Waals surface area contributed by atoms with Gasteiger partial charge in [0.15, 0.2) is 0 Å². The second-order valence-electron chi connectivity index (χ2n) is 7.55. The highest BCUT2D eigenvalue weighted by molar-refractivity contribution is 5.93. The molecule has 0 N–H and O–H groups in total. The number of nitrogens with zero attached hydrogens (tertiary/aromatic N) is 1. The van der Waals surface area contributed by atoms with Gasteiger partial charge in [0.05, 0.1) is 6.04 Å². The molecule has 2 atom stereocenters. The summed E-state index contributed by atoms with van der Waals surface area (Å²) in [7, 11) is 0. The molecule has 0 amide bonds. The van der Waals surface area contributed by atoms with Gasteiger partial charge in [0.2, 0.25) is 0 Å². The third-order valence-electron chi connectivity index (χ3n) is 6.19. The molecule has 1 heteroatoms. The van der Waals surface area contributed by atoms with Gasteiger partial charge < -0.3 is 0 Å². The molecule has 1 nitrogen and oxygen atoms in total. The minimum atomic E-state index is 0.306. The number of rotatable bonds is 5. The van der Waals surface area contributed by atoms with Gasteiger partial charge in [-0.05, 0) is 51.0 Å². The van der Waals surface area contributed by atoms with E-state index >= 15 is 0 Å². The zero-order chi connectivity index (χ0) is 16.3. The molecule has 0 spiro atoms. The molecule has 0 aliphatic heterocycles. The van der Waals surface area contributed by atoms with Gasteiger partial charge in [0.25, 0.3) is 0 Å². The lowest BCUT2D eigenvalue weighted by Crippen LogP contribution is -2.36. The lowest BCUT2D eigenvalue weighted by Gasteiger charge is -2.48. The van der Waals surface area contributed by atoms with Gasteiger partial charge in [0.1, 0.15) is 0 Å². The largest absolute Gasteiger partial charge is 0.282 e. The van der Waals surface area contributed by atoms with Crippen molar-refractivity contribution in [3.8, 4) is 0 Å². The van der Waals surface area contributed by atoms with Crippen LogP contribution in [0.3, 0.4) is 0 Å². The molecule has 0 saturated heterocycles. The lowest BCUT2D eigenvalue weighted by atomic mass is 9.57. The first-order valence-electron chi connectivity index (χ1n) is 8.98. The van der Waals surface area contributed by atoms with Gasteiger partial charge in [-0.3, -0.25) is 4.99 Å². The number of hydrogen-bond acceptors (Lipinski definition) is 1. The fraction of sp³-hybridized carbons (Fsp3) is 0.667. The van der Waals surface area contributed by atoms with E-state index in [1.165, 1.54) is 42.5 Å². The summed E-state index contributed by atoms with van der Waals surface area (Å²) >= 11 is 0. The van der Waals surface area contributed by atoms with Gasteiger partial charge in [-0.15, -0.1) is 0 Å². The van der Waals surface area contributed by atoms with Crippen molar-refractivity contribution in [2.24, 2.45) is 22.2 Å². The van der Waals surface area contributed by atoms with Crippen molar-refractivity contribution in [3.63, 3.8) is 0 Å². The maximum Gasteiger partial charge on any atom is 0.0748 e. The molecule has 0 aromatic carbocycles. The Kier molecular flexibility index (Phi) is 5.47. The Morgan fingerprint density at radius 1 is 1.27 bits per heavy atom. The highest BCUT2D eigenvalue weighted by Gasteiger charge is 2.41. The second kappa shape index (κ2) is 6.98. The van der Waals surface area contributed by atoms with Crippen LogP contribution in [-0.2, 0) is 0 Å². The Hall–Kier alpha value is -1.11. The molecule has 2 aliphatic carbocycles. The van der Waals surface area contributed by atoms with Crippen molar-refractivity contribution in [1.82, 2.24) is 0 Å². The Balaban J connectivity index is 1.99. The Morgan fingerprint density at radius 3 is 2.50 bits per heavy atom. The molecule has 2 unspecified atom stereocenters. The van der Waals surface area contributed by atoms with E-state index in [1.807, 2.05) is 0 Å². The zero-order valence-corrected chi connectivity index (χ0v) is 15.3. The molecule has 0 aromatic heterocycles. The maximum absolute atomic E-state index is 4.94. The zero-order valence-electron chi connectivity index (χ0n) is 15.3. The summed E-state index contributed by atoms with van der Waals surface area (Å²) in [4.78, 5) is 4.94. The van der Waals surface area contributed by atoms with Gasteiger partial charge in [-0.2, -0.15) is 0 Å². The molecule has 0 bridgehead atoms. The highest BCUT2D eigenvalue weighted by Crippen LogP contribution is 2.53. The van der Waals surface area contributed by atoms with Crippen LogP contribution in [0.25, 0.3) is 0 Å². The van der Waals surface area contributed by atoms with Crippen molar-refractivity contribution in [3.05, 3.63) is 35.5 Å². The summed E-state index contributed by atoms with van der Waals surface area (Å²) in [6, 6.07) is 0.306. The fourth-order valence-electron chi connectivity index (χ4n) is 3.92. The van der Waals surface area contributed by atoms with Crippen LogP contribution in [0.1, 0.15) is 67.2 Å². The highest BCUT2D eigenvalue weighted by atomic mass is 14.8. The van der Waals surface area contributed by atoms with E-state index < -0.39 is 0 Å². The number of allylic oxidation sites excluding steroid dienone is 4. The molecule has 0 radical (unpaired) electrons. The van der Waals surface area contributed by atoms with Crippen LogP contribution in [0.4, 0.5) is 0 Å². The quantitative estimate of drug-likeness (QED) is 0.541. The van der Waals surface area contributed by atoms with Crippen LogP contribution in [-0.4, -0.2) is 11.8 Å². The monoisotopic (exact) mass is 299 g/mol. The third-order valence-corrected chi connectivity index (χ3v) is 6.19. The number of hydrogen-bond donors (Lipinski definition) is 0. The predicted molar refractivity (Wildman–Crippen MR) is 98.5 cm³/mol. The summed E-state index contributed by atoms with van der Waals surface area (Å²) in [6.07, 6.45) is 14.3. The van der Waals surface area contributed by atoms with Crippen LogP contribution < -0.4 is 0 Å². The molecule has 2 rings (SSSR count). The average molecular weight is 300 g/mol. The molecule has 22 heavy (non-hydrogen) atoms. The van der Waals surface area contributed by atoms with Crippen LogP contribution >= 0.6 is 0 Å². The standard InChI is InChI=1S/C21H33N/c1-7-21(8-2)13-19(14-21)16(4)12-17(5)22-20-11-9-10-15(3)18(20)6/h9-12,18-20H,7-8,13-14H2,1-6H3/b16-12+,22-17-. The van der Waals surface area contributed by atoms with Crippen LogP contribution in [0, 0.1) is 17.3 Å². The van der Waals surface area contributed by atoms with E-state index in [2.05, 4.69) is 65.8 Å². The Labute approximate surface area is 137 Å². The molecule has 122 valence electrons. The lowest BCUT2D eigenvalue weighted by molar-refractivity contribution is 0.0668. The number of aliphatic imine (C=N–C) groups is 1. The molecule has 1 fully saturated rings. The average Bonchev–Trinajstić information content (AvgIpc) is 2.44. The van der Waals surface area contributed by atoms with Gasteiger partial charge >= 0.3 is 0 Å². The van der Waals surface area contributed by atoms with E-state index in [-0.39, 0.29) is 0 Å². The minimum absolute atomic E-state index is 0.306. The van der Waals surface area contributed by atoms with E-state index in [9.17, 15) is 0 Å². The normalized spacial score (nSPS) is 29.3. The molecule has 2 aliphatic rings. The van der Waals surface area contributed by atoms with Crippen LogP contribution in [0.15, 0.2) is 40.4 Å². The van der Waals surface area contributed by atoms with Crippen molar-refractivity contribution >= 4 is 5.71 Å².